The molecule has 0 amide bonds. The van der Waals surface area contributed by atoms with Crippen molar-refractivity contribution in [1.29, 1.82) is 0 Å². The van der Waals surface area contributed by atoms with Gasteiger partial charge in [0.05, 0.1) is 6.10 Å². The Bertz CT molecular complexity index is 1120. The molecule has 0 heterocycles. The minimum atomic E-state index is -2.33. The number of carbonyl (C=O) groups excluding carboxylic acids is 2. The summed E-state index contributed by atoms with van der Waals surface area (Å²) in [5.74, 6) is -4.72. The third-order valence-electron chi connectivity index (χ3n) is 11.0. The van der Waals surface area contributed by atoms with Gasteiger partial charge in [0.2, 0.25) is 5.60 Å². The first-order valence-electron chi connectivity index (χ1n) is 13.8. The standard InChI is InChI=1S/C29H38F2O7/c1-15-7-5-6-8-22(15)37-25(36)38-29(24(34)35)16(2)11-18-19-13-21(30)20-12-17(32)9-10-26(20,3)28(19,31)23(33)14-27(18,29)4/h9-10,15-16,18-19,22-23,33H,5-8,11-14H2,1-4H3,(H,34,35)/t15-,16+,18-,19-,22+,23-,26-,27-,28-,29-/m0/s1. The van der Waals surface area contributed by atoms with Crippen LogP contribution in [0, 0.1) is 34.5 Å². The van der Waals surface area contributed by atoms with Gasteiger partial charge in [-0.15, -0.1) is 0 Å². The number of ether oxygens (including phenoxy) is 2. The monoisotopic (exact) mass is 536 g/mol. The molecule has 5 rings (SSSR count). The van der Waals surface area contributed by atoms with Crippen molar-refractivity contribution in [3.05, 3.63) is 23.6 Å². The number of aliphatic carboxylic acids is 1. The molecule has 0 radical (unpaired) electrons. The van der Waals surface area contributed by atoms with Crippen molar-refractivity contribution in [2.45, 2.75) is 103 Å². The van der Waals surface area contributed by atoms with Gasteiger partial charge < -0.3 is 19.7 Å². The molecular weight excluding hydrogens is 498 g/mol. The van der Waals surface area contributed by atoms with Crippen LogP contribution in [0.15, 0.2) is 23.6 Å². The van der Waals surface area contributed by atoms with Gasteiger partial charge in [-0.3, -0.25) is 4.79 Å². The van der Waals surface area contributed by atoms with Crippen molar-refractivity contribution >= 4 is 17.9 Å². The van der Waals surface area contributed by atoms with E-state index in [1.54, 1.807) is 13.8 Å². The number of allylic oxidation sites excluding steroid dienone is 4. The molecule has 38 heavy (non-hydrogen) atoms. The summed E-state index contributed by atoms with van der Waals surface area (Å²) in [6, 6.07) is 0. The molecule has 210 valence electrons. The van der Waals surface area contributed by atoms with Crippen molar-refractivity contribution in [3.63, 3.8) is 0 Å². The predicted molar refractivity (Wildman–Crippen MR) is 132 cm³/mol. The van der Waals surface area contributed by atoms with Crippen LogP contribution in [-0.4, -0.2) is 51.6 Å². The quantitative estimate of drug-likeness (QED) is 0.461. The number of carboxylic acids is 1. The molecule has 0 unspecified atom stereocenters. The smallest absolute Gasteiger partial charge is 0.478 e. The maximum absolute atomic E-state index is 17.3. The fourth-order valence-corrected chi connectivity index (χ4v) is 8.95. The average molecular weight is 537 g/mol. The normalized spacial score (nSPS) is 48.1. The maximum atomic E-state index is 17.3. The molecule has 0 bridgehead atoms. The second-order valence-corrected chi connectivity index (χ2v) is 12.8. The van der Waals surface area contributed by atoms with E-state index in [-0.39, 0.29) is 49.1 Å². The first-order valence-corrected chi connectivity index (χ1v) is 13.8. The van der Waals surface area contributed by atoms with Crippen LogP contribution in [0.3, 0.4) is 0 Å². The number of alkyl halides is 1. The lowest BCUT2D eigenvalue weighted by Gasteiger charge is -2.61. The summed E-state index contributed by atoms with van der Waals surface area (Å²) in [5, 5.41) is 22.0. The Morgan fingerprint density at radius 3 is 2.47 bits per heavy atom. The Balaban J connectivity index is 1.53. The van der Waals surface area contributed by atoms with E-state index in [2.05, 4.69) is 0 Å². The van der Waals surface area contributed by atoms with E-state index in [0.29, 0.717) is 6.42 Å². The van der Waals surface area contributed by atoms with Crippen LogP contribution in [0.1, 0.15) is 79.1 Å². The summed E-state index contributed by atoms with van der Waals surface area (Å²) in [6.07, 6.45) is 2.20. The molecule has 7 nitrogen and oxygen atoms in total. The zero-order valence-corrected chi connectivity index (χ0v) is 22.5. The molecule has 0 aromatic rings. The predicted octanol–water partition coefficient (Wildman–Crippen LogP) is 5.46. The van der Waals surface area contributed by atoms with Gasteiger partial charge >= 0.3 is 12.1 Å². The van der Waals surface area contributed by atoms with Crippen LogP contribution in [-0.2, 0) is 19.1 Å². The lowest BCUT2D eigenvalue weighted by molar-refractivity contribution is -0.227. The lowest BCUT2D eigenvalue weighted by atomic mass is 9.45. The van der Waals surface area contributed by atoms with Crippen LogP contribution < -0.4 is 0 Å². The molecule has 5 aliphatic carbocycles. The third kappa shape index (κ3) is 3.42. The van der Waals surface area contributed by atoms with Gasteiger partial charge in [-0.05, 0) is 62.5 Å². The van der Waals surface area contributed by atoms with Gasteiger partial charge in [-0.2, -0.15) is 0 Å². The molecule has 0 saturated heterocycles. The van der Waals surface area contributed by atoms with E-state index in [9.17, 15) is 24.6 Å². The van der Waals surface area contributed by atoms with Crippen LogP contribution in [0.5, 0.6) is 0 Å². The number of carboxylic acid groups (broad SMARTS) is 1. The summed E-state index contributed by atoms with van der Waals surface area (Å²) in [5.41, 5.74) is -7.32. The summed E-state index contributed by atoms with van der Waals surface area (Å²) in [7, 11) is 0. The molecule has 0 aromatic carbocycles. The number of ketones is 1. The van der Waals surface area contributed by atoms with Gasteiger partial charge in [0.1, 0.15) is 11.9 Å². The highest BCUT2D eigenvalue weighted by atomic mass is 19.1. The first kappa shape index (κ1) is 27.3. The first-order chi connectivity index (χ1) is 17.7. The fraction of sp³-hybridized carbons (Fsp3) is 0.759. The van der Waals surface area contributed by atoms with Crippen molar-refractivity contribution < 1.29 is 42.9 Å². The number of hydrogen-bond donors (Lipinski definition) is 2. The fourth-order valence-electron chi connectivity index (χ4n) is 8.95. The Hall–Kier alpha value is -2.29. The summed E-state index contributed by atoms with van der Waals surface area (Å²) < 4.78 is 44.3. The molecule has 0 spiro atoms. The second-order valence-electron chi connectivity index (χ2n) is 12.8. The molecular formula is C29H38F2O7. The van der Waals surface area contributed by atoms with Crippen LogP contribution in [0.4, 0.5) is 13.6 Å². The summed E-state index contributed by atoms with van der Waals surface area (Å²) >= 11 is 0. The number of aliphatic hydroxyl groups is 1. The number of fused-ring (bicyclic) bond motifs is 5. The minimum Gasteiger partial charge on any atom is -0.478 e. The average Bonchev–Trinajstić information content (AvgIpc) is 3.06. The van der Waals surface area contributed by atoms with E-state index in [1.807, 2.05) is 6.92 Å². The van der Waals surface area contributed by atoms with Gasteiger partial charge in [0.15, 0.2) is 11.5 Å². The molecule has 3 fully saturated rings. The highest BCUT2D eigenvalue weighted by molar-refractivity contribution is 5.93. The molecule has 10 atom stereocenters. The Kier molecular flexibility index (Phi) is 6.36. The van der Waals surface area contributed by atoms with Crippen LogP contribution >= 0.6 is 0 Å². The number of halogens is 2. The second kappa shape index (κ2) is 8.86. The zero-order chi connectivity index (χ0) is 27.8. The highest BCUT2D eigenvalue weighted by Crippen LogP contribution is 2.71. The molecule has 0 aliphatic heterocycles. The van der Waals surface area contributed by atoms with Gasteiger partial charge in [-0.1, -0.05) is 33.3 Å². The topological polar surface area (TPSA) is 110 Å². The Morgan fingerprint density at radius 1 is 1.13 bits per heavy atom. The molecule has 2 N–H and O–H groups in total. The molecule has 5 aliphatic rings. The van der Waals surface area contributed by atoms with E-state index in [1.165, 1.54) is 19.1 Å². The number of carbonyl (C=O) groups is 3. The maximum Gasteiger partial charge on any atom is 0.509 e. The molecule has 9 heteroatoms. The van der Waals surface area contributed by atoms with Crippen molar-refractivity contribution in [1.82, 2.24) is 0 Å². The lowest BCUT2D eigenvalue weighted by Crippen LogP contribution is -2.69. The van der Waals surface area contributed by atoms with Crippen molar-refractivity contribution in [2.75, 3.05) is 0 Å². The number of aliphatic hydroxyl groups excluding tert-OH is 1. The largest absolute Gasteiger partial charge is 0.509 e. The van der Waals surface area contributed by atoms with Crippen LogP contribution in [0.2, 0.25) is 0 Å². The SMILES string of the molecule is C[C@@H]1C[C@H]2[C@@H]3CC(F)=C4CC(=O)C=C[C@]4(C)[C@@]3(F)[C@@H](O)C[C@]2(C)[C@@]1(OC(=O)O[C@@H]1CCCC[C@@H]1C)C(=O)O. The van der Waals surface area contributed by atoms with E-state index in [0.717, 1.165) is 19.3 Å². The third-order valence-corrected chi connectivity index (χ3v) is 11.0. The Morgan fingerprint density at radius 2 is 1.82 bits per heavy atom. The van der Waals surface area contributed by atoms with Crippen LogP contribution in [0.25, 0.3) is 0 Å². The zero-order valence-electron chi connectivity index (χ0n) is 22.5. The van der Waals surface area contributed by atoms with Gasteiger partial charge in [-0.25, -0.2) is 18.4 Å². The van der Waals surface area contributed by atoms with Gasteiger partial charge in [0, 0.05) is 35.5 Å². The number of rotatable bonds is 3. The van der Waals surface area contributed by atoms with Crippen molar-refractivity contribution in [3.8, 4) is 0 Å². The van der Waals surface area contributed by atoms with E-state index >= 15 is 8.78 Å². The molecule has 3 saturated carbocycles. The van der Waals surface area contributed by atoms with Crippen molar-refractivity contribution in [2.24, 2.45) is 34.5 Å². The van der Waals surface area contributed by atoms with Gasteiger partial charge in [0.25, 0.3) is 0 Å². The highest BCUT2D eigenvalue weighted by Gasteiger charge is 2.78. The minimum absolute atomic E-state index is 0.0448. The summed E-state index contributed by atoms with van der Waals surface area (Å²) in [6.45, 7) is 6.73. The Labute approximate surface area is 221 Å². The van der Waals surface area contributed by atoms with E-state index < -0.39 is 63.9 Å². The summed E-state index contributed by atoms with van der Waals surface area (Å²) in [4.78, 5) is 38.1. The molecule has 0 aromatic heterocycles. The number of hydrogen-bond acceptors (Lipinski definition) is 6. The van der Waals surface area contributed by atoms with E-state index in [4.69, 9.17) is 9.47 Å².